The third-order valence-electron chi connectivity index (χ3n) is 3.05. The second kappa shape index (κ2) is 6.19. The Kier molecular flexibility index (Phi) is 4.24. The highest BCUT2D eigenvalue weighted by Gasteiger charge is 2.18. The highest BCUT2D eigenvalue weighted by molar-refractivity contribution is 7.89. The van der Waals surface area contributed by atoms with Crippen LogP contribution in [0.3, 0.4) is 0 Å². The first kappa shape index (κ1) is 15.8. The number of nitrogens with one attached hydrogen (secondary N) is 1. The van der Waals surface area contributed by atoms with Crippen LogP contribution in [0, 0.1) is 12.7 Å². The maximum Gasteiger partial charge on any atom is 0.242 e. The van der Waals surface area contributed by atoms with Crippen LogP contribution in [0.2, 0.25) is 0 Å². The van der Waals surface area contributed by atoms with Gasteiger partial charge in [0.1, 0.15) is 5.82 Å². The summed E-state index contributed by atoms with van der Waals surface area (Å²) >= 11 is 1.45. The monoisotopic (exact) mass is 353 g/mol. The SMILES string of the molecule is Cc1cc(F)ccc1S(=O)(=O)NCc1nc(-c2cccs2)no1. The highest BCUT2D eigenvalue weighted by atomic mass is 32.2. The first-order valence-corrected chi connectivity index (χ1v) is 8.94. The smallest absolute Gasteiger partial charge is 0.242 e. The summed E-state index contributed by atoms with van der Waals surface area (Å²) in [5.41, 5.74) is 0.322. The third-order valence-corrected chi connectivity index (χ3v) is 5.48. The molecule has 0 saturated carbocycles. The molecule has 9 heteroatoms. The van der Waals surface area contributed by atoms with Gasteiger partial charge >= 0.3 is 0 Å². The number of sulfonamides is 1. The third kappa shape index (κ3) is 3.46. The van der Waals surface area contributed by atoms with Crippen LogP contribution < -0.4 is 4.72 Å². The van der Waals surface area contributed by atoms with Crippen LogP contribution in [0.15, 0.2) is 45.1 Å². The van der Waals surface area contributed by atoms with Crippen molar-refractivity contribution in [1.29, 1.82) is 0 Å². The van der Waals surface area contributed by atoms with Crippen LogP contribution in [0.5, 0.6) is 0 Å². The fraction of sp³-hybridized carbons (Fsp3) is 0.143. The molecule has 0 unspecified atom stereocenters. The molecule has 120 valence electrons. The van der Waals surface area contributed by atoms with Crippen LogP contribution in [0.25, 0.3) is 10.7 Å². The molecule has 0 atom stereocenters. The van der Waals surface area contributed by atoms with Crippen LogP contribution in [0.1, 0.15) is 11.5 Å². The van der Waals surface area contributed by atoms with Gasteiger partial charge in [0, 0.05) is 0 Å². The molecule has 0 saturated heterocycles. The molecule has 0 aliphatic heterocycles. The largest absolute Gasteiger partial charge is 0.337 e. The number of benzene rings is 1. The van der Waals surface area contributed by atoms with Crippen LogP contribution >= 0.6 is 11.3 Å². The van der Waals surface area contributed by atoms with Gasteiger partial charge in [-0.3, -0.25) is 0 Å². The number of aromatic nitrogens is 2. The summed E-state index contributed by atoms with van der Waals surface area (Å²) < 4.78 is 45.0. The van der Waals surface area contributed by atoms with Crippen LogP contribution in [0.4, 0.5) is 4.39 Å². The van der Waals surface area contributed by atoms with E-state index in [2.05, 4.69) is 14.9 Å². The number of thiophene rings is 1. The van der Waals surface area contributed by atoms with E-state index < -0.39 is 15.8 Å². The minimum absolute atomic E-state index is 0.0110. The van der Waals surface area contributed by atoms with Crippen LogP contribution in [-0.4, -0.2) is 18.6 Å². The first-order valence-electron chi connectivity index (χ1n) is 6.58. The molecule has 0 amide bonds. The van der Waals surface area contributed by atoms with Crippen molar-refractivity contribution in [3.05, 3.63) is 53.0 Å². The van der Waals surface area contributed by atoms with Gasteiger partial charge in [0.2, 0.25) is 21.7 Å². The summed E-state index contributed by atoms with van der Waals surface area (Å²) in [6.07, 6.45) is 0. The Hall–Kier alpha value is -2.10. The molecule has 6 nitrogen and oxygen atoms in total. The number of nitrogens with zero attached hydrogens (tertiary/aromatic N) is 2. The van der Waals surface area contributed by atoms with Gasteiger partial charge < -0.3 is 4.52 Å². The molecule has 0 aliphatic rings. The first-order chi connectivity index (χ1) is 11.0. The average Bonchev–Trinajstić information content (AvgIpc) is 3.16. The van der Waals surface area contributed by atoms with Crippen molar-refractivity contribution in [1.82, 2.24) is 14.9 Å². The van der Waals surface area contributed by atoms with Gasteiger partial charge in [-0.1, -0.05) is 11.2 Å². The Labute approximate surface area is 136 Å². The van der Waals surface area contributed by atoms with E-state index in [9.17, 15) is 12.8 Å². The maximum atomic E-state index is 13.1. The minimum atomic E-state index is -3.79. The molecule has 2 aromatic heterocycles. The summed E-state index contributed by atoms with van der Waals surface area (Å²) in [5, 5.41) is 5.68. The van der Waals surface area contributed by atoms with Crippen molar-refractivity contribution < 1.29 is 17.3 Å². The standard InChI is InChI=1S/C14H12FN3O3S2/c1-9-7-10(15)4-5-12(9)23(19,20)16-8-13-17-14(18-21-13)11-3-2-6-22-11/h2-7,16H,8H2,1H3. The molecule has 0 radical (unpaired) electrons. The number of hydrogen-bond donors (Lipinski definition) is 1. The molecular formula is C14H12FN3O3S2. The summed E-state index contributed by atoms with van der Waals surface area (Å²) in [6.45, 7) is 1.39. The molecule has 0 aliphatic carbocycles. The second-order valence-corrected chi connectivity index (χ2v) is 7.41. The zero-order valence-electron chi connectivity index (χ0n) is 12.0. The van der Waals surface area contributed by atoms with Gasteiger partial charge in [-0.15, -0.1) is 11.3 Å². The lowest BCUT2D eigenvalue weighted by atomic mass is 10.2. The van der Waals surface area contributed by atoms with E-state index in [1.54, 1.807) is 0 Å². The highest BCUT2D eigenvalue weighted by Crippen LogP contribution is 2.21. The van der Waals surface area contributed by atoms with E-state index in [4.69, 9.17) is 4.52 Å². The van der Waals surface area contributed by atoms with Crippen molar-refractivity contribution in [2.24, 2.45) is 0 Å². The number of halogens is 1. The lowest BCUT2D eigenvalue weighted by Gasteiger charge is -2.07. The molecule has 1 aromatic carbocycles. The van der Waals surface area contributed by atoms with Crippen molar-refractivity contribution in [3.8, 4) is 10.7 Å². The Morgan fingerprint density at radius 1 is 1.35 bits per heavy atom. The number of aryl methyl sites for hydroxylation is 1. The molecular weight excluding hydrogens is 341 g/mol. The topological polar surface area (TPSA) is 85.1 Å². The van der Waals surface area contributed by atoms with Gasteiger partial charge in [0.15, 0.2) is 0 Å². The lowest BCUT2D eigenvalue weighted by Crippen LogP contribution is -2.24. The van der Waals surface area contributed by atoms with Crippen molar-refractivity contribution >= 4 is 21.4 Å². The number of rotatable bonds is 5. The number of hydrogen-bond acceptors (Lipinski definition) is 6. The summed E-state index contributed by atoms with van der Waals surface area (Å²) in [4.78, 5) is 4.97. The van der Waals surface area contributed by atoms with Gasteiger partial charge in [0.25, 0.3) is 0 Å². The van der Waals surface area contributed by atoms with Gasteiger partial charge in [-0.2, -0.15) is 4.98 Å². The minimum Gasteiger partial charge on any atom is -0.337 e. The summed E-state index contributed by atoms with van der Waals surface area (Å²) in [6, 6.07) is 7.18. The molecule has 0 bridgehead atoms. The van der Waals surface area contributed by atoms with Gasteiger partial charge in [-0.25, -0.2) is 17.5 Å². The Morgan fingerprint density at radius 2 is 2.17 bits per heavy atom. The Bertz CT molecular complexity index is 921. The van der Waals surface area contributed by atoms with Crippen molar-refractivity contribution in [3.63, 3.8) is 0 Å². The van der Waals surface area contributed by atoms with E-state index in [1.165, 1.54) is 24.3 Å². The van der Waals surface area contributed by atoms with Gasteiger partial charge in [-0.05, 0) is 42.1 Å². The van der Waals surface area contributed by atoms with E-state index in [-0.39, 0.29) is 17.3 Å². The zero-order valence-corrected chi connectivity index (χ0v) is 13.6. The molecule has 2 heterocycles. The van der Waals surface area contributed by atoms with E-state index in [0.717, 1.165) is 17.0 Å². The summed E-state index contributed by atoms with van der Waals surface area (Å²) in [7, 11) is -3.79. The molecule has 3 rings (SSSR count). The molecule has 1 N–H and O–H groups in total. The predicted octanol–water partition coefficient (Wildman–Crippen LogP) is 2.72. The van der Waals surface area contributed by atoms with Gasteiger partial charge in [0.05, 0.1) is 16.3 Å². The lowest BCUT2D eigenvalue weighted by molar-refractivity contribution is 0.376. The Morgan fingerprint density at radius 3 is 2.87 bits per heavy atom. The van der Waals surface area contributed by atoms with E-state index >= 15 is 0 Å². The second-order valence-electron chi connectivity index (χ2n) is 4.72. The molecule has 0 fully saturated rings. The van der Waals surface area contributed by atoms with Crippen molar-refractivity contribution in [2.45, 2.75) is 18.4 Å². The van der Waals surface area contributed by atoms with Crippen LogP contribution in [-0.2, 0) is 16.6 Å². The normalized spacial score (nSPS) is 11.7. The predicted molar refractivity (Wildman–Crippen MR) is 82.8 cm³/mol. The fourth-order valence-corrected chi connectivity index (χ4v) is 3.83. The van der Waals surface area contributed by atoms with Crippen molar-refractivity contribution in [2.75, 3.05) is 0 Å². The van der Waals surface area contributed by atoms with E-state index in [1.807, 2.05) is 17.5 Å². The molecule has 3 aromatic rings. The Balaban J connectivity index is 1.75. The van der Waals surface area contributed by atoms with E-state index in [0.29, 0.717) is 11.4 Å². The average molecular weight is 353 g/mol. The summed E-state index contributed by atoms with van der Waals surface area (Å²) in [5.74, 6) is 0.0721. The molecule has 23 heavy (non-hydrogen) atoms. The molecule has 0 spiro atoms. The quantitative estimate of drug-likeness (QED) is 0.762. The maximum absolute atomic E-state index is 13.1. The fourth-order valence-electron chi connectivity index (χ4n) is 1.98. The zero-order chi connectivity index (χ0) is 16.4.